The lowest BCUT2D eigenvalue weighted by molar-refractivity contribution is 0.315. The Bertz CT molecular complexity index is 928. The lowest BCUT2D eigenvalue weighted by Gasteiger charge is -2.38. The summed E-state index contributed by atoms with van der Waals surface area (Å²) in [5.41, 5.74) is 2.49. The fourth-order valence-corrected chi connectivity index (χ4v) is 3.06. The lowest BCUT2D eigenvalue weighted by Crippen LogP contribution is -2.50. The van der Waals surface area contributed by atoms with Gasteiger partial charge in [0.2, 0.25) is 0 Å². The minimum absolute atomic E-state index is 0.0479. The average Bonchev–Trinajstić information content (AvgIpc) is 2.94. The topological polar surface area (TPSA) is 64.2 Å². The molecule has 0 unspecified atom stereocenters. The van der Waals surface area contributed by atoms with Crippen LogP contribution >= 0.6 is 0 Å². The molecule has 1 aromatic carbocycles. The maximum absolute atomic E-state index is 12.1. The molecule has 0 atom stereocenters. The van der Waals surface area contributed by atoms with Gasteiger partial charge in [-0.2, -0.15) is 10.1 Å². The van der Waals surface area contributed by atoms with Gasteiger partial charge in [-0.05, 0) is 18.2 Å². The molecule has 2 aromatic heterocycles. The number of fused-ring (bicyclic) bond motifs is 1. The summed E-state index contributed by atoms with van der Waals surface area (Å²) in [6, 6.07) is 11.9. The summed E-state index contributed by atoms with van der Waals surface area (Å²) in [7, 11) is 0. The summed E-state index contributed by atoms with van der Waals surface area (Å²) >= 11 is 0. The smallest absolute Gasteiger partial charge is 0.298 e. The molecule has 1 aliphatic rings. The summed E-state index contributed by atoms with van der Waals surface area (Å²) in [6.45, 7) is 8.56. The summed E-state index contributed by atoms with van der Waals surface area (Å²) in [4.78, 5) is 18.7. The predicted molar refractivity (Wildman–Crippen MR) is 96.9 cm³/mol. The summed E-state index contributed by atoms with van der Waals surface area (Å²) in [5, 5.41) is 4.54. The van der Waals surface area contributed by atoms with E-state index in [1.165, 1.54) is 0 Å². The molecule has 1 saturated heterocycles. The van der Waals surface area contributed by atoms with E-state index >= 15 is 0 Å². The Balaban J connectivity index is 1.45. The zero-order chi connectivity index (χ0) is 17.6. The molecule has 1 aliphatic heterocycles. The van der Waals surface area contributed by atoms with Crippen molar-refractivity contribution < 1.29 is 4.42 Å². The van der Waals surface area contributed by atoms with Crippen LogP contribution in [-0.2, 0) is 12.0 Å². The first kappa shape index (κ1) is 15.9. The molecule has 0 amide bonds. The van der Waals surface area contributed by atoms with E-state index in [9.17, 15) is 4.79 Å². The number of anilines is 1. The third-order valence-electron chi connectivity index (χ3n) is 4.58. The molecule has 0 spiro atoms. The monoisotopic (exact) mass is 338 g/mol. The van der Waals surface area contributed by atoms with Crippen molar-refractivity contribution in [3.8, 4) is 0 Å². The zero-order valence-electron chi connectivity index (χ0n) is 14.8. The van der Waals surface area contributed by atoms with E-state index < -0.39 is 0 Å². The lowest BCUT2D eigenvalue weighted by atomic mass is 9.92. The fourth-order valence-electron chi connectivity index (χ4n) is 3.06. The summed E-state index contributed by atoms with van der Waals surface area (Å²) in [6.07, 6.45) is 0. The van der Waals surface area contributed by atoms with Gasteiger partial charge in [0, 0.05) is 30.5 Å². The first-order valence-electron chi connectivity index (χ1n) is 8.59. The normalized spacial score (nSPS) is 15.6. The Morgan fingerprint density at radius 3 is 2.64 bits per heavy atom. The van der Waals surface area contributed by atoms with Crippen molar-refractivity contribution in [1.29, 1.82) is 0 Å². The third-order valence-corrected chi connectivity index (χ3v) is 4.58. The number of hydrogen-bond donors (Lipinski definition) is 0. The first-order valence-corrected chi connectivity index (χ1v) is 8.59. The van der Waals surface area contributed by atoms with Crippen molar-refractivity contribution in [2.24, 2.45) is 5.92 Å². The quantitative estimate of drug-likeness (QED) is 0.735. The standard InChI is InChI=1S/C19H22N4O2/c1-19(2,3)16-8-9-17(24)23(21-16)12-13-10-22(11-13)18-20-14-6-4-5-7-15(14)25-18/h4-9,13H,10-12H2,1-3H3. The molecule has 0 radical (unpaired) electrons. The number of oxazole rings is 1. The van der Waals surface area contributed by atoms with Crippen LogP contribution in [0.25, 0.3) is 11.1 Å². The van der Waals surface area contributed by atoms with Crippen molar-refractivity contribution in [1.82, 2.24) is 14.8 Å². The molecule has 6 nitrogen and oxygen atoms in total. The van der Waals surface area contributed by atoms with Crippen LogP contribution in [0.5, 0.6) is 0 Å². The third kappa shape index (κ3) is 3.04. The second kappa shape index (κ2) is 5.72. The largest absolute Gasteiger partial charge is 0.423 e. The number of para-hydroxylation sites is 2. The molecule has 0 N–H and O–H groups in total. The molecule has 0 saturated carbocycles. The van der Waals surface area contributed by atoms with Crippen LogP contribution in [0.2, 0.25) is 0 Å². The predicted octanol–water partition coefficient (Wildman–Crippen LogP) is 2.82. The van der Waals surface area contributed by atoms with Crippen LogP contribution in [-0.4, -0.2) is 27.9 Å². The van der Waals surface area contributed by atoms with Crippen LogP contribution in [0.15, 0.2) is 45.6 Å². The SMILES string of the molecule is CC(C)(C)c1ccc(=O)n(CC2CN(c3nc4ccccc4o3)C2)n1. The van der Waals surface area contributed by atoms with Crippen molar-refractivity contribution in [3.05, 3.63) is 52.4 Å². The second-order valence-electron chi connectivity index (χ2n) is 7.72. The van der Waals surface area contributed by atoms with Gasteiger partial charge in [0.15, 0.2) is 5.58 Å². The van der Waals surface area contributed by atoms with Gasteiger partial charge in [0.05, 0.1) is 12.2 Å². The molecule has 4 rings (SSSR count). The zero-order valence-corrected chi connectivity index (χ0v) is 14.8. The van der Waals surface area contributed by atoms with Crippen molar-refractivity contribution in [3.63, 3.8) is 0 Å². The minimum atomic E-state index is -0.0701. The van der Waals surface area contributed by atoms with E-state index in [0.717, 1.165) is 29.9 Å². The van der Waals surface area contributed by atoms with Gasteiger partial charge >= 0.3 is 0 Å². The maximum atomic E-state index is 12.1. The molecule has 1 fully saturated rings. The highest BCUT2D eigenvalue weighted by atomic mass is 16.4. The molecule has 3 heterocycles. The van der Waals surface area contributed by atoms with Crippen molar-refractivity contribution in [2.45, 2.75) is 32.7 Å². The Morgan fingerprint density at radius 1 is 1.16 bits per heavy atom. The average molecular weight is 338 g/mol. The molecule has 130 valence electrons. The Kier molecular flexibility index (Phi) is 3.63. The number of hydrogen-bond acceptors (Lipinski definition) is 5. The Labute approximate surface area is 146 Å². The Hall–Kier alpha value is -2.63. The molecule has 3 aromatic rings. The summed E-state index contributed by atoms with van der Waals surface area (Å²) in [5.74, 6) is 0.371. The second-order valence-corrected chi connectivity index (χ2v) is 7.72. The van der Waals surface area contributed by atoms with Crippen LogP contribution in [0, 0.1) is 5.92 Å². The van der Waals surface area contributed by atoms with E-state index in [1.807, 2.05) is 30.3 Å². The van der Waals surface area contributed by atoms with Gasteiger partial charge in [0.1, 0.15) is 5.52 Å². The van der Waals surface area contributed by atoms with E-state index in [1.54, 1.807) is 10.7 Å². The van der Waals surface area contributed by atoms with E-state index in [2.05, 4.69) is 35.8 Å². The van der Waals surface area contributed by atoms with E-state index in [-0.39, 0.29) is 11.0 Å². The number of aromatic nitrogens is 3. The molecule has 0 aliphatic carbocycles. The molecule has 25 heavy (non-hydrogen) atoms. The van der Waals surface area contributed by atoms with Gasteiger partial charge < -0.3 is 9.32 Å². The van der Waals surface area contributed by atoms with Crippen molar-refractivity contribution >= 4 is 17.1 Å². The van der Waals surface area contributed by atoms with Crippen LogP contribution in [0.1, 0.15) is 26.5 Å². The number of nitrogens with zero attached hydrogens (tertiary/aromatic N) is 4. The molecular formula is C19H22N4O2. The fraction of sp³-hybridized carbons (Fsp3) is 0.421. The van der Waals surface area contributed by atoms with E-state index in [0.29, 0.717) is 18.5 Å². The molecular weight excluding hydrogens is 316 g/mol. The van der Waals surface area contributed by atoms with Gasteiger partial charge in [-0.15, -0.1) is 0 Å². The Morgan fingerprint density at radius 2 is 1.92 bits per heavy atom. The highest BCUT2D eigenvalue weighted by Gasteiger charge is 2.31. The van der Waals surface area contributed by atoms with E-state index in [4.69, 9.17) is 4.42 Å². The number of benzene rings is 1. The molecule has 0 bridgehead atoms. The molecule has 6 heteroatoms. The van der Waals surface area contributed by atoms with Crippen molar-refractivity contribution in [2.75, 3.05) is 18.0 Å². The van der Waals surface area contributed by atoms with Gasteiger partial charge in [-0.3, -0.25) is 4.79 Å². The maximum Gasteiger partial charge on any atom is 0.298 e. The van der Waals surface area contributed by atoms with Gasteiger partial charge in [-0.1, -0.05) is 32.9 Å². The van der Waals surface area contributed by atoms with Gasteiger partial charge in [-0.25, -0.2) is 4.68 Å². The highest BCUT2D eigenvalue weighted by Crippen LogP contribution is 2.28. The highest BCUT2D eigenvalue weighted by molar-refractivity contribution is 5.74. The first-order chi connectivity index (χ1) is 11.9. The van der Waals surface area contributed by atoms with Crippen LogP contribution in [0.4, 0.5) is 6.01 Å². The van der Waals surface area contributed by atoms with Gasteiger partial charge in [0.25, 0.3) is 11.6 Å². The summed E-state index contributed by atoms with van der Waals surface area (Å²) < 4.78 is 7.38. The number of rotatable bonds is 3. The minimum Gasteiger partial charge on any atom is -0.423 e. The van der Waals surface area contributed by atoms with Crippen LogP contribution < -0.4 is 10.5 Å². The van der Waals surface area contributed by atoms with Crippen LogP contribution in [0.3, 0.4) is 0 Å².